The van der Waals surface area contributed by atoms with E-state index in [1.165, 1.54) is 13.5 Å². The van der Waals surface area contributed by atoms with Crippen molar-refractivity contribution in [2.24, 2.45) is 0 Å². The summed E-state index contributed by atoms with van der Waals surface area (Å²) in [5.74, 6) is 1.28. The van der Waals surface area contributed by atoms with Crippen molar-refractivity contribution in [3.8, 4) is 0 Å². The minimum atomic E-state index is -0.495. The van der Waals surface area contributed by atoms with Crippen molar-refractivity contribution in [2.45, 2.75) is 38.8 Å². The van der Waals surface area contributed by atoms with Gasteiger partial charge in [-0.15, -0.1) is 0 Å². The van der Waals surface area contributed by atoms with Crippen LogP contribution in [0.25, 0.3) is 0 Å². The van der Waals surface area contributed by atoms with Gasteiger partial charge in [0.2, 0.25) is 11.1 Å². The van der Waals surface area contributed by atoms with Crippen LogP contribution in [0.5, 0.6) is 0 Å². The lowest BCUT2D eigenvalue weighted by Gasteiger charge is -2.28. The molecule has 2 saturated heterocycles. The zero-order chi connectivity index (χ0) is 21.7. The zero-order valence-corrected chi connectivity index (χ0v) is 18.5. The van der Waals surface area contributed by atoms with Crippen molar-refractivity contribution < 1.29 is 9.53 Å². The van der Waals surface area contributed by atoms with Crippen LogP contribution in [0, 0.1) is 13.8 Å². The van der Waals surface area contributed by atoms with Crippen LogP contribution >= 0.6 is 11.6 Å². The average molecular weight is 445 g/mol. The third-order valence-electron chi connectivity index (χ3n) is 6.15. The number of esters is 1. The fraction of sp³-hybridized carbons (Fsp3) is 0.550. The highest BCUT2D eigenvalue weighted by atomic mass is 35.5. The summed E-state index contributed by atoms with van der Waals surface area (Å²) in [5.41, 5.74) is 3.94. The maximum atomic E-state index is 11.4. The number of fused-ring (bicyclic) bond motifs is 8. The molecule has 4 aliphatic heterocycles. The number of anilines is 4. The molecule has 0 unspecified atom stereocenters. The highest BCUT2D eigenvalue weighted by molar-refractivity contribution is 6.28. The molecule has 11 heteroatoms. The Balaban J connectivity index is 0.000000134. The smallest absolute Gasteiger partial charge is 0.376 e. The molecule has 2 aromatic rings. The molecule has 0 aliphatic carbocycles. The Hall–Kier alpha value is -2.88. The lowest BCUT2D eigenvalue weighted by molar-refractivity contribution is 0.0586. The number of nitrogens with zero attached hydrogens (tertiary/aromatic N) is 6. The van der Waals surface area contributed by atoms with Crippen molar-refractivity contribution >= 4 is 40.6 Å². The number of methoxy groups -OCH3 is 1. The first-order chi connectivity index (χ1) is 14.9. The number of carbonyl (C=O) groups is 1. The lowest BCUT2D eigenvalue weighted by atomic mass is 10.2. The minimum absolute atomic E-state index is 0.124. The molecule has 2 atom stereocenters. The van der Waals surface area contributed by atoms with Gasteiger partial charge in [-0.1, -0.05) is 0 Å². The van der Waals surface area contributed by atoms with E-state index in [4.69, 9.17) is 11.6 Å². The van der Waals surface area contributed by atoms with Crippen LogP contribution in [-0.4, -0.2) is 71.3 Å². The summed E-state index contributed by atoms with van der Waals surface area (Å²) >= 11 is 5.82. The van der Waals surface area contributed by atoms with E-state index in [1.54, 1.807) is 0 Å². The quantitative estimate of drug-likeness (QED) is 0.500. The summed E-state index contributed by atoms with van der Waals surface area (Å²) in [6, 6.07) is 0.968. The second-order valence-electron chi connectivity index (χ2n) is 8.25. The Labute approximate surface area is 185 Å². The molecule has 2 aromatic heterocycles. The summed E-state index contributed by atoms with van der Waals surface area (Å²) < 4.78 is 4.65. The molecular formula is C20H25ClN8O2. The predicted octanol–water partition coefficient (Wildman–Crippen LogP) is 2.02. The molecule has 4 aliphatic rings. The molecule has 6 rings (SSSR count). The summed E-state index contributed by atoms with van der Waals surface area (Å²) in [6.45, 7) is 8.05. The number of carbonyl (C=O) groups excluding carboxylic acids is 1. The van der Waals surface area contributed by atoms with Gasteiger partial charge < -0.3 is 25.2 Å². The topological polar surface area (TPSA) is 108 Å². The SMILES string of the molecule is COC(=O)c1nc(C)c2c(n1)N[C@H]1CCN2C1.Cc1nc(Cl)nc2c1N1CC[C@@H](C1)N2. The third-order valence-corrected chi connectivity index (χ3v) is 6.32. The van der Waals surface area contributed by atoms with Crippen LogP contribution in [0.2, 0.25) is 5.28 Å². The van der Waals surface area contributed by atoms with Gasteiger partial charge >= 0.3 is 5.97 Å². The van der Waals surface area contributed by atoms with Gasteiger partial charge in [-0.3, -0.25) is 0 Å². The zero-order valence-electron chi connectivity index (χ0n) is 17.8. The molecule has 4 bridgehead atoms. The van der Waals surface area contributed by atoms with Gasteiger partial charge in [-0.25, -0.2) is 19.7 Å². The van der Waals surface area contributed by atoms with E-state index in [0.717, 1.165) is 67.0 Å². The van der Waals surface area contributed by atoms with E-state index in [1.807, 2.05) is 13.8 Å². The summed E-state index contributed by atoms with van der Waals surface area (Å²) in [5, 5.41) is 7.07. The standard InChI is InChI=1S/C11H14N4O2.C9H11ClN4/c1-6-8-9(13-7-3-4-15(8)5-7)14-10(12-6)11(16)17-2;1-5-7-8(13-9(10)11-5)12-6-2-3-14(7)4-6/h7H,3-5H2,1-2H3,(H,12,13,14);6H,2-4H2,1H3,(H,11,12,13)/t7-;6-/m00/s1. The molecular weight excluding hydrogens is 420 g/mol. The van der Waals surface area contributed by atoms with Crippen LogP contribution in [-0.2, 0) is 4.74 Å². The fourth-order valence-corrected chi connectivity index (χ4v) is 5.00. The number of hydrogen-bond acceptors (Lipinski definition) is 10. The molecule has 6 heterocycles. The highest BCUT2D eigenvalue weighted by Gasteiger charge is 2.34. The Morgan fingerprint density at radius 2 is 1.48 bits per heavy atom. The van der Waals surface area contributed by atoms with Crippen LogP contribution in [0.3, 0.4) is 0 Å². The van der Waals surface area contributed by atoms with Crippen molar-refractivity contribution in [1.82, 2.24) is 19.9 Å². The molecule has 0 spiro atoms. The van der Waals surface area contributed by atoms with E-state index in [2.05, 4.69) is 45.1 Å². The van der Waals surface area contributed by atoms with Crippen LogP contribution in [0.1, 0.15) is 34.8 Å². The van der Waals surface area contributed by atoms with E-state index in [-0.39, 0.29) is 5.82 Å². The molecule has 0 amide bonds. The van der Waals surface area contributed by atoms with Gasteiger partial charge in [0.05, 0.1) is 18.5 Å². The normalized spacial score (nSPS) is 21.9. The van der Waals surface area contributed by atoms with Gasteiger partial charge in [0.1, 0.15) is 11.4 Å². The van der Waals surface area contributed by atoms with Gasteiger partial charge in [0, 0.05) is 38.3 Å². The van der Waals surface area contributed by atoms with Gasteiger partial charge in [0.15, 0.2) is 11.6 Å². The third kappa shape index (κ3) is 3.58. The predicted molar refractivity (Wildman–Crippen MR) is 118 cm³/mol. The summed E-state index contributed by atoms with van der Waals surface area (Å²) in [7, 11) is 1.33. The van der Waals surface area contributed by atoms with Crippen LogP contribution in [0.15, 0.2) is 0 Å². The number of halogens is 1. The van der Waals surface area contributed by atoms with Gasteiger partial charge in [-0.2, -0.15) is 4.98 Å². The maximum absolute atomic E-state index is 11.4. The Bertz CT molecular complexity index is 1050. The Kier molecular flexibility index (Phi) is 4.96. The number of aromatic nitrogens is 4. The molecule has 0 radical (unpaired) electrons. The molecule has 31 heavy (non-hydrogen) atoms. The van der Waals surface area contributed by atoms with E-state index < -0.39 is 5.97 Å². The molecule has 0 saturated carbocycles. The van der Waals surface area contributed by atoms with E-state index in [0.29, 0.717) is 17.4 Å². The average Bonchev–Trinajstić information content (AvgIpc) is 3.29. The van der Waals surface area contributed by atoms with Crippen molar-refractivity contribution in [3.63, 3.8) is 0 Å². The fourth-order valence-electron chi connectivity index (χ4n) is 4.79. The Morgan fingerprint density at radius 1 is 0.935 bits per heavy atom. The molecule has 2 fully saturated rings. The van der Waals surface area contributed by atoms with Crippen molar-refractivity contribution in [1.29, 1.82) is 0 Å². The summed E-state index contributed by atoms with van der Waals surface area (Å²) in [6.07, 6.45) is 2.27. The summed E-state index contributed by atoms with van der Waals surface area (Å²) in [4.78, 5) is 32.9. The second-order valence-corrected chi connectivity index (χ2v) is 8.59. The second kappa shape index (κ2) is 7.67. The van der Waals surface area contributed by atoms with Gasteiger partial charge in [0.25, 0.3) is 0 Å². The van der Waals surface area contributed by atoms with Crippen molar-refractivity contribution in [2.75, 3.05) is 53.7 Å². The largest absolute Gasteiger partial charge is 0.463 e. The maximum Gasteiger partial charge on any atom is 0.376 e. The van der Waals surface area contributed by atoms with Crippen LogP contribution < -0.4 is 20.4 Å². The first kappa shape index (κ1) is 20.0. The Morgan fingerprint density at radius 3 is 2.06 bits per heavy atom. The monoisotopic (exact) mass is 444 g/mol. The van der Waals surface area contributed by atoms with Crippen LogP contribution in [0.4, 0.5) is 23.0 Å². The van der Waals surface area contributed by atoms with E-state index in [9.17, 15) is 4.79 Å². The first-order valence-corrected chi connectivity index (χ1v) is 10.8. The molecule has 2 N–H and O–H groups in total. The molecule has 0 aromatic carbocycles. The highest BCUT2D eigenvalue weighted by Crippen LogP contribution is 2.37. The van der Waals surface area contributed by atoms with E-state index >= 15 is 0 Å². The van der Waals surface area contributed by atoms with Gasteiger partial charge in [-0.05, 0) is 38.3 Å². The lowest BCUT2D eigenvalue weighted by Crippen LogP contribution is -2.33. The number of rotatable bonds is 1. The molecule has 10 nitrogen and oxygen atoms in total. The first-order valence-electron chi connectivity index (χ1n) is 10.5. The minimum Gasteiger partial charge on any atom is -0.463 e. The number of hydrogen-bond donors (Lipinski definition) is 2. The molecule has 164 valence electrons. The number of ether oxygens (including phenoxy) is 1. The van der Waals surface area contributed by atoms with Crippen molar-refractivity contribution in [3.05, 3.63) is 22.5 Å². The number of nitrogens with one attached hydrogen (secondary N) is 2. The number of aryl methyl sites for hydroxylation is 2.